The second kappa shape index (κ2) is 13.4. The summed E-state index contributed by atoms with van der Waals surface area (Å²) in [7, 11) is -3.43. The second-order valence-corrected chi connectivity index (χ2v) is 21.7. The van der Waals surface area contributed by atoms with Crippen LogP contribution in [0.15, 0.2) is 66.9 Å². The molecule has 1 aromatic heterocycles. The summed E-state index contributed by atoms with van der Waals surface area (Å²) in [5, 5.41) is 22.6. The van der Waals surface area contributed by atoms with Crippen LogP contribution in [-0.4, -0.2) is 81.7 Å². The number of imidazole rings is 1. The van der Waals surface area contributed by atoms with Crippen molar-refractivity contribution in [2.75, 3.05) is 20.7 Å². The van der Waals surface area contributed by atoms with Gasteiger partial charge in [-0.15, -0.1) is 0 Å². The predicted molar refractivity (Wildman–Crippen MR) is 164 cm³/mol. The van der Waals surface area contributed by atoms with Gasteiger partial charge in [0.2, 0.25) is 0 Å². The molecule has 0 aliphatic carbocycles. The number of ether oxygens (including phenoxy) is 1. The van der Waals surface area contributed by atoms with E-state index < -0.39 is 35.3 Å². The summed E-state index contributed by atoms with van der Waals surface area (Å²) in [6.07, 6.45) is -0.248. The number of aromatic nitrogens is 2. The molecule has 3 rings (SSSR count). The molecule has 2 aromatic carbocycles. The molecule has 0 aliphatic heterocycles. The van der Waals surface area contributed by atoms with Crippen LogP contribution in [-0.2, 0) is 21.6 Å². The quantitative estimate of drug-likeness (QED) is 0.275. The van der Waals surface area contributed by atoms with E-state index in [4.69, 9.17) is 4.74 Å². The first kappa shape index (κ1) is 32.7. The first-order chi connectivity index (χ1) is 18.7. The van der Waals surface area contributed by atoms with Crippen molar-refractivity contribution in [2.45, 2.75) is 69.0 Å². The van der Waals surface area contributed by atoms with Crippen LogP contribution in [0.25, 0.3) is 0 Å². The number of nitrogens with zero attached hydrogens (tertiary/aromatic N) is 3. The fraction of sp³-hybridized carbons (Fsp3) is 0.483. The number of hydrogen-bond donors (Lipinski definition) is 2. The Labute approximate surface area is 246 Å². The second-order valence-electron chi connectivity index (χ2n) is 11.7. The van der Waals surface area contributed by atoms with Crippen LogP contribution in [0.2, 0.25) is 22.9 Å². The molecule has 1 heterocycles. The van der Waals surface area contributed by atoms with Gasteiger partial charge >= 0.3 is 248 Å². The van der Waals surface area contributed by atoms with Crippen molar-refractivity contribution >= 4 is 43.1 Å². The SMILES string of the molecule is CN(C)S(=O)(=O)n1c([C@H](O)[C@@H](C[C@H](O)COCc2ccccc2)[Se]c2ccccc2)cnc1[Si](C)(C)C(C)(C)C. The molecule has 8 nitrogen and oxygen atoms in total. The number of benzene rings is 2. The third-order valence-electron chi connectivity index (χ3n) is 7.48. The van der Waals surface area contributed by atoms with Gasteiger partial charge in [-0.1, -0.05) is 0 Å². The average Bonchev–Trinajstić information content (AvgIpc) is 3.35. The van der Waals surface area contributed by atoms with E-state index in [1.165, 1.54) is 24.3 Å². The van der Waals surface area contributed by atoms with Crippen LogP contribution in [0, 0.1) is 0 Å². The zero-order valence-electron chi connectivity index (χ0n) is 24.5. The van der Waals surface area contributed by atoms with Crippen LogP contribution in [0.3, 0.4) is 0 Å². The van der Waals surface area contributed by atoms with Gasteiger partial charge in [-0.25, -0.2) is 0 Å². The van der Waals surface area contributed by atoms with E-state index in [2.05, 4.69) is 38.8 Å². The van der Waals surface area contributed by atoms with E-state index >= 15 is 0 Å². The summed E-state index contributed by atoms with van der Waals surface area (Å²) >= 11 is -0.269. The standard InChI is InChI=1S/C29H43N3O5SSeSi/c1-29(2,3)40(6,7)28-30-19-25(32(28)38(35,36)31(4)5)27(34)26(39-24-16-12-9-13-17-24)18-23(33)21-37-20-22-14-10-8-11-15-22/h8-17,19,23,26-27,33-34H,18,20-21H2,1-7H3/t23-,26+,27-/m0/s1. The Bertz CT molecular complexity index is 1330. The van der Waals surface area contributed by atoms with Crippen molar-refractivity contribution in [1.82, 2.24) is 13.3 Å². The zero-order chi connectivity index (χ0) is 29.7. The van der Waals surface area contributed by atoms with E-state index in [0.717, 1.165) is 14.3 Å². The van der Waals surface area contributed by atoms with E-state index in [1.807, 2.05) is 60.7 Å². The zero-order valence-corrected chi connectivity index (χ0v) is 28.0. The van der Waals surface area contributed by atoms with Gasteiger partial charge in [0.1, 0.15) is 0 Å². The van der Waals surface area contributed by atoms with E-state index in [9.17, 15) is 18.6 Å². The molecule has 0 radical (unpaired) electrons. The summed E-state index contributed by atoms with van der Waals surface area (Å²) in [4.78, 5) is 4.23. The molecule has 0 unspecified atom stereocenters. The Morgan fingerprint density at radius 3 is 2.15 bits per heavy atom. The molecule has 0 saturated heterocycles. The predicted octanol–water partition coefficient (Wildman–Crippen LogP) is 3.07. The Morgan fingerprint density at radius 2 is 1.60 bits per heavy atom. The van der Waals surface area contributed by atoms with Crippen molar-refractivity contribution in [2.24, 2.45) is 0 Å². The summed E-state index contributed by atoms with van der Waals surface area (Å²) < 4.78 is 36.6. The van der Waals surface area contributed by atoms with E-state index in [0.29, 0.717) is 12.1 Å². The first-order valence-corrected chi connectivity index (χ1v) is 19.6. The van der Waals surface area contributed by atoms with Crippen LogP contribution >= 0.6 is 0 Å². The number of aliphatic hydroxyl groups excluding tert-OH is 2. The monoisotopic (exact) mass is 653 g/mol. The topological polar surface area (TPSA) is 105 Å². The van der Waals surface area contributed by atoms with Gasteiger partial charge in [-0.05, 0) is 0 Å². The van der Waals surface area contributed by atoms with Gasteiger partial charge < -0.3 is 0 Å². The molecule has 3 atom stereocenters. The van der Waals surface area contributed by atoms with Gasteiger partial charge in [0, 0.05) is 0 Å². The molecule has 0 amide bonds. The molecular weight excluding hydrogens is 609 g/mol. The van der Waals surface area contributed by atoms with Gasteiger partial charge in [-0.3, -0.25) is 0 Å². The molecule has 0 fully saturated rings. The minimum atomic E-state index is -3.98. The van der Waals surface area contributed by atoms with Gasteiger partial charge in [0.05, 0.1) is 0 Å². The van der Waals surface area contributed by atoms with E-state index in [-0.39, 0.29) is 38.7 Å². The number of aliphatic hydroxyl groups is 2. The van der Waals surface area contributed by atoms with Crippen LogP contribution < -0.4 is 9.91 Å². The molecule has 40 heavy (non-hydrogen) atoms. The summed E-state index contributed by atoms with van der Waals surface area (Å²) in [5.74, 6) is 0. The molecule has 11 heteroatoms. The summed E-state index contributed by atoms with van der Waals surface area (Å²) in [6, 6.07) is 19.5. The Morgan fingerprint density at radius 1 is 1.02 bits per heavy atom. The molecule has 0 bridgehead atoms. The maximum atomic E-state index is 13.7. The van der Waals surface area contributed by atoms with Gasteiger partial charge in [0.15, 0.2) is 0 Å². The molecule has 0 aliphatic rings. The Kier molecular flexibility index (Phi) is 11.0. The van der Waals surface area contributed by atoms with Crippen LogP contribution in [0.4, 0.5) is 0 Å². The Hall–Kier alpha value is -1.82. The average molecular weight is 653 g/mol. The van der Waals surface area contributed by atoms with Gasteiger partial charge in [0.25, 0.3) is 0 Å². The van der Waals surface area contributed by atoms with Crippen molar-refractivity contribution in [3.8, 4) is 0 Å². The Balaban J connectivity index is 1.97. The van der Waals surface area contributed by atoms with Crippen molar-refractivity contribution in [3.63, 3.8) is 0 Å². The molecule has 0 saturated carbocycles. The maximum absolute atomic E-state index is 13.7. The first-order valence-electron chi connectivity index (χ1n) is 13.4. The van der Waals surface area contributed by atoms with Crippen molar-refractivity contribution in [3.05, 3.63) is 78.1 Å². The third-order valence-corrected chi connectivity index (χ3v) is 17.4. The third kappa shape index (κ3) is 7.71. The molecule has 2 N–H and O–H groups in total. The van der Waals surface area contributed by atoms with Crippen molar-refractivity contribution in [1.29, 1.82) is 0 Å². The fourth-order valence-electron chi connectivity index (χ4n) is 4.04. The molecule has 3 aromatic rings. The summed E-state index contributed by atoms with van der Waals surface area (Å²) in [5.41, 5.74) is 1.74. The van der Waals surface area contributed by atoms with Crippen molar-refractivity contribution < 1.29 is 23.4 Å². The fourth-order valence-corrected chi connectivity index (χ4v) is 10.4. The number of hydrogen-bond acceptors (Lipinski definition) is 6. The molecule has 0 spiro atoms. The summed E-state index contributed by atoms with van der Waals surface area (Å²) in [6.45, 7) is 11.0. The van der Waals surface area contributed by atoms with Gasteiger partial charge in [-0.2, -0.15) is 0 Å². The molecule has 220 valence electrons. The molecular formula is C29H43N3O5SSeSi. The van der Waals surface area contributed by atoms with E-state index in [1.54, 1.807) is 0 Å². The van der Waals surface area contributed by atoms with Crippen LogP contribution in [0.5, 0.6) is 0 Å². The number of rotatable bonds is 13. The minimum absolute atomic E-state index is 0.105. The van der Waals surface area contributed by atoms with Crippen LogP contribution in [0.1, 0.15) is 44.6 Å². The normalized spacial score (nSPS) is 15.2.